The fourth-order valence-electron chi connectivity index (χ4n) is 2.84. The average molecular weight is 282 g/mol. The van der Waals surface area contributed by atoms with Gasteiger partial charge >= 0.3 is 0 Å². The summed E-state index contributed by atoms with van der Waals surface area (Å²) in [5.41, 5.74) is 6.93. The monoisotopic (exact) mass is 282 g/mol. The van der Waals surface area contributed by atoms with Crippen molar-refractivity contribution in [2.75, 3.05) is 5.73 Å². The maximum absolute atomic E-state index is 12.4. The molecule has 2 rings (SSSR count). The van der Waals surface area contributed by atoms with Crippen LogP contribution < -0.4 is 10.5 Å². The van der Waals surface area contributed by atoms with E-state index in [9.17, 15) is 8.42 Å². The first kappa shape index (κ1) is 14.3. The van der Waals surface area contributed by atoms with Crippen molar-refractivity contribution in [3.05, 3.63) is 23.8 Å². The number of sulfonamides is 1. The summed E-state index contributed by atoms with van der Waals surface area (Å²) >= 11 is 0. The molecule has 0 aromatic heterocycles. The third-order valence-electron chi connectivity index (χ3n) is 3.94. The lowest BCUT2D eigenvalue weighted by atomic mass is 10.0. The molecule has 1 aromatic carbocycles. The Morgan fingerprint density at radius 1 is 1.32 bits per heavy atom. The number of benzene rings is 1. The number of anilines is 1. The Morgan fingerprint density at radius 3 is 2.53 bits per heavy atom. The highest BCUT2D eigenvalue weighted by atomic mass is 32.2. The molecule has 0 saturated heterocycles. The van der Waals surface area contributed by atoms with Crippen molar-refractivity contribution >= 4 is 15.7 Å². The van der Waals surface area contributed by atoms with E-state index in [-0.39, 0.29) is 6.04 Å². The van der Waals surface area contributed by atoms with Crippen molar-refractivity contribution in [3.8, 4) is 0 Å². The normalized spacial score (nSPS) is 18.6. The van der Waals surface area contributed by atoms with Crippen LogP contribution in [0.5, 0.6) is 0 Å². The molecule has 106 valence electrons. The largest absolute Gasteiger partial charge is 0.399 e. The van der Waals surface area contributed by atoms with Gasteiger partial charge in [-0.05, 0) is 56.4 Å². The van der Waals surface area contributed by atoms with E-state index < -0.39 is 10.0 Å². The van der Waals surface area contributed by atoms with Gasteiger partial charge in [-0.25, -0.2) is 13.1 Å². The fraction of sp³-hybridized carbons (Fsp3) is 0.571. The first-order valence-electron chi connectivity index (χ1n) is 6.78. The van der Waals surface area contributed by atoms with Gasteiger partial charge in [0.25, 0.3) is 0 Å². The van der Waals surface area contributed by atoms with Crippen molar-refractivity contribution in [1.82, 2.24) is 4.72 Å². The molecule has 1 atom stereocenters. The minimum Gasteiger partial charge on any atom is -0.399 e. The number of rotatable bonds is 4. The molecular weight excluding hydrogens is 260 g/mol. The summed E-state index contributed by atoms with van der Waals surface area (Å²) in [5, 5.41) is 0. The van der Waals surface area contributed by atoms with Gasteiger partial charge in [0, 0.05) is 11.7 Å². The molecule has 0 heterocycles. The van der Waals surface area contributed by atoms with Gasteiger partial charge in [-0.15, -0.1) is 0 Å². The summed E-state index contributed by atoms with van der Waals surface area (Å²) in [5.74, 6) is 0.462. The Kier molecular flexibility index (Phi) is 4.16. The highest BCUT2D eigenvalue weighted by Gasteiger charge is 2.26. The summed E-state index contributed by atoms with van der Waals surface area (Å²) in [6, 6.07) is 4.88. The Balaban J connectivity index is 2.17. The van der Waals surface area contributed by atoms with Crippen LogP contribution in [0.3, 0.4) is 0 Å². The number of nitrogen functional groups attached to an aromatic ring is 1. The predicted octanol–water partition coefficient (Wildman–Crippen LogP) is 2.43. The van der Waals surface area contributed by atoms with Gasteiger partial charge in [-0.2, -0.15) is 0 Å². The second-order valence-electron chi connectivity index (χ2n) is 5.48. The minimum atomic E-state index is -3.45. The molecule has 0 spiro atoms. The molecule has 5 heteroatoms. The summed E-state index contributed by atoms with van der Waals surface area (Å²) < 4.78 is 27.6. The van der Waals surface area contributed by atoms with Crippen molar-refractivity contribution in [1.29, 1.82) is 0 Å². The maximum Gasteiger partial charge on any atom is 0.241 e. The average Bonchev–Trinajstić information content (AvgIpc) is 2.80. The lowest BCUT2D eigenvalue weighted by Gasteiger charge is -2.21. The van der Waals surface area contributed by atoms with E-state index >= 15 is 0 Å². The number of hydrogen-bond donors (Lipinski definition) is 2. The van der Waals surface area contributed by atoms with Crippen LogP contribution in [0.25, 0.3) is 0 Å². The maximum atomic E-state index is 12.4. The molecule has 0 radical (unpaired) electrons. The number of nitrogens with one attached hydrogen (secondary N) is 1. The van der Waals surface area contributed by atoms with Crippen LogP contribution >= 0.6 is 0 Å². The topological polar surface area (TPSA) is 72.2 Å². The van der Waals surface area contributed by atoms with Gasteiger partial charge in [0.05, 0.1) is 4.90 Å². The molecule has 1 unspecified atom stereocenters. The second kappa shape index (κ2) is 5.51. The van der Waals surface area contributed by atoms with Gasteiger partial charge in [-0.1, -0.05) is 12.8 Å². The van der Waals surface area contributed by atoms with Crippen LogP contribution in [-0.4, -0.2) is 14.5 Å². The SMILES string of the molecule is Cc1cc(N)ccc1S(=O)(=O)NC(C)C1CCCC1. The molecule has 0 aliphatic heterocycles. The Hall–Kier alpha value is -1.07. The molecule has 1 aliphatic rings. The van der Waals surface area contributed by atoms with Gasteiger partial charge in [-0.3, -0.25) is 0 Å². The zero-order chi connectivity index (χ0) is 14.0. The zero-order valence-corrected chi connectivity index (χ0v) is 12.3. The molecule has 0 amide bonds. The molecule has 19 heavy (non-hydrogen) atoms. The molecule has 3 N–H and O–H groups in total. The molecular formula is C14H22N2O2S. The number of aryl methyl sites for hydroxylation is 1. The highest BCUT2D eigenvalue weighted by molar-refractivity contribution is 7.89. The van der Waals surface area contributed by atoms with Gasteiger partial charge in [0.15, 0.2) is 0 Å². The first-order chi connectivity index (χ1) is 8.90. The Labute approximate surface area is 115 Å². The van der Waals surface area contributed by atoms with E-state index in [2.05, 4.69) is 4.72 Å². The number of hydrogen-bond acceptors (Lipinski definition) is 3. The van der Waals surface area contributed by atoms with E-state index in [4.69, 9.17) is 5.73 Å². The van der Waals surface area contributed by atoms with Crippen molar-refractivity contribution < 1.29 is 8.42 Å². The lowest BCUT2D eigenvalue weighted by molar-refractivity contribution is 0.424. The Morgan fingerprint density at radius 2 is 1.95 bits per heavy atom. The fourth-order valence-corrected chi connectivity index (χ4v) is 4.37. The molecule has 1 saturated carbocycles. The molecule has 1 aliphatic carbocycles. The molecule has 0 bridgehead atoms. The van der Waals surface area contributed by atoms with Crippen LogP contribution in [0.2, 0.25) is 0 Å². The van der Waals surface area contributed by atoms with Crippen molar-refractivity contribution in [2.45, 2.75) is 50.5 Å². The van der Waals surface area contributed by atoms with E-state index in [1.165, 1.54) is 12.8 Å². The van der Waals surface area contributed by atoms with E-state index in [1.54, 1.807) is 25.1 Å². The third-order valence-corrected chi connectivity index (χ3v) is 5.66. The molecule has 4 nitrogen and oxygen atoms in total. The third kappa shape index (κ3) is 3.28. The van der Waals surface area contributed by atoms with Crippen molar-refractivity contribution in [3.63, 3.8) is 0 Å². The van der Waals surface area contributed by atoms with E-state index in [1.807, 2.05) is 6.92 Å². The van der Waals surface area contributed by atoms with Gasteiger partial charge in [0.1, 0.15) is 0 Å². The minimum absolute atomic E-state index is 0.00977. The highest BCUT2D eigenvalue weighted by Crippen LogP contribution is 2.28. The quantitative estimate of drug-likeness (QED) is 0.833. The van der Waals surface area contributed by atoms with Crippen LogP contribution in [-0.2, 0) is 10.0 Å². The van der Waals surface area contributed by atoms with E-state index in [0.29, 0.717) is 22.1 Å². The summed E-state index contributed by atoms with van der Waals surface area (Å²) in [7, 11) is -3.45. The molecule has 1 aromatic rings. The van der Waals surface area contributed by atoms with Crippen LogP contribution in [0.1, 0.15) is 38.2 Å². The van der Waals surface area contributed by atoms with Crippen LogP contribution in [0.15, 0.2) is 23.1 Å². The summed E-state index contributed by atoms with van der Waals surface area (Å²) in [4.78, 5) is 0.326. The van der Waals surface area contributed by atoms with Gasteiger partial charge in [0.2, 0.25) is 10.0 Å². The predicted molar refractivity (Wildman–Crippen MR) is 77.3 cm³/mol. The second-order valence-corrected chi connectivity index (χ2v) is 7.16. The first-order valence-corrected chi connectivity index (χ1v) is 8.27. The Bertz CT molecular complexity index is 549. The number of nitrogens with two attached hydrogens (primary N) is 1. The smallest absolute Gasteiger partial charge is 0.241 e. The van der Waals surface area contributed by atoms with Crippen LogP contribution in [0, 0.1) is 12.8 Å². The van der Waals surface area contributed by atoms with E-state index in [0.717, 1.165) is 12.8 Å². The zero-order valence-electron chi connectivity index (χ0n) is 11.5. The standard InChI is InChI=1S/C14H22N2O2S/c1-10-9-13(15)7-8-14(10)19(17,18)16-11(2)12-5-3-4-6-12/h7-9,11-12,16H,3-6,15H2,1-2H3. The summed E-state index contributed by atoms with van der Waals surface area (Å²) in [6.07, 6.45) is 4.64. The lowest BCUT2D eigenvalue weighted by Crippen LogP contribution is -2.37. The summed E-state index contributed by atoms with van der Waals surface area (Å²) in [6.45, 7) is 3.73. The van der Waals surface area contributed by atoms with Crippen molar-refractivity contribution in [2.24, 2.45) is 5.92 Å². The van der Waals surface area contributed by atoms with Crippen LogP contribution in [0.4, 0.5) is 5.69 Å². The van der Waals surface area contributed by atoms with Gasteiger partial charge < -0.3 is 5.73 Å². The molecule has 1 fully saturated rings.